The molecule has 0 spiro atoms. The number of hydrogen-bond donors (Lipinski definition) is 1. The highest BCUT2D eigenvalue weighted by Crippen LogP contribution is 2.46. The summed E-state index contributed by atoms with van der Waals surface area (Å²) in [5.74, 6) is 0. The minimum atomic E-state index is -0.829. The second-order valence-electron chi connectivity index (χ2n) is 5.70. The lowest BCUT2D eigenvalue weighted by molar-refractivity contribution is -0.255. The first-order chi connectivity index (χ1) is 9.07. The zero-order valence-corrected chi connectivity index (χ0v) is 12.2. The molecule has 1 aromatic rings. The number of hydrogen-bond acceptors (Lipinski definition) is 3. The molecule has 1 saturated carbocycles. The van der Waals surface area contributed by atoms with Gasteiger partial charge in [0.2, 0.25) is 0 Å². The minimum Gasteiger partial charge on any atom is -0.385 e. The standard InChI is InChI=1S/C16H25NO2/c1-17(2)16(19-3,14-10-6-4-7-11-14)15(18)12-8-5-9-13-15/h4,6-7,10-11,18H,5,8-9,12-13H2,1-3H3. The van der Waals surface area contributed by atoms with E-state index in [1.54, 1.807) is 7.11 Å². The molecule has 2 rings (SSSR count). The van der Waals surface area contributed by atoms with Gasteiger partial charge < -0.3 is 9.84 Å². The van der Waals surface area contributed by atoms with Crippen LogP contribution < -0.4 is 0 Å². The van der Waals surface area contributed by atoms with E-state index in [2.05, 4.69) is 0 Å². The number of ether oxygens (including phenoxy) is 1. The summed E-state index contributed by atoms with van der Waals surface area (Å²) in [5, 5.41) is 11.2. The summed E-state index contributed by atoms with van der Waals surface area (Å²) in [5.41, 5.74) is -0.577. The van der Waals surface area contributed by atoms with Gasteiger partial charge in [0.05, 0.1) is 0 Å². The highest BCUT2D eigenvalue weighted by molar-refractivity contribution is 5.26. The number of rotatable bonds is 4. The molecule has 0 aliphatic heterocycles. The van der Waals surface area contributed by atoms with E-state index in [-0.39, 0.29) is 0 Å². The molecule has 1 unspecified atom stereocenters. The van der Waals surface area contributed by atoms with Crippen LogP contribution in [0.2, 0.25) is 0 Å². The van der Waals surface area contributed by atoms with Crippen molar-refractivity contribution in [2.45, 2.75) is 43.4 Å². The van der Waals surface area contributed by atoms with Crippen LogP contribution in [-0.2, 0) is 10.5 Å². The normalized spacial score (nSPS) is 22.2. The Balaban J connectivity index is 2.51. The minimum absolute atomic E-state index is 0.769. The van der Waals surface area contributed by atoms with Crippen LogP contribution in [0.3, 0.4) is 0 Å². The highest BCUT2D eigenvalue weighted by Gasteiger charge is 2.54. The van der Waals surface area contributed by atoms with Gasteiger partial charge in [0.25, 0.3) is 0 Å². The van der Waals surface area contributed by atoms with Crippen LogP contribution in [0, 0.1) is 0 Å². The van der Waals surface area contributed by atoms with Gasteiger partial charge in [-0.3, -0.25) is 4.90 Å². The fourth-order valence-electron chi connectivity index (χ4n) is 3.57. The van der Waals surface area contributed by atoms with Crippen molar-refractivity contribution in [3.8, 4) is 0 Å². The van der Waals surface area contributed by atoms with Gasteiger partial charge in [0.1, 0.15) is 5.60 Å². The van der Waals surface area contributed by atoms with Crippen LogP contribution in [0.1, 0.15) is 37.7 Å². The van der Waals surface area contributed by atoms with Crippen molar-refractivity contribution in [3.05, 3.63) is 35.9 Å². The van der Waals surface area contributed by atoms with Gasteiger partial charge in [-0.2, -0.15) is 0 Å². The third kappa shape index (κ3) is 2.31. The summed E-state index contributed by atoms with van der Waals surface area (Å²) >= 11 is 0. The average Bonchev–Trinajstić information content (AvgIpc) is 2.41. The lowest BCUT2D eigenvalue weighted by Crippen LogP contribution is -2.61. The third-order valence-corrected chi connectivity index (χ3v) is 4.40. The number of benzene rings is 1. The van der Waals surface area contributed by atoms with Crippen LogP contribution >= 0.6 is 0 Å². The Bertz CT molecular complexity index is 398. The fourth-order valence-corrected chi connectivity index (χ4v) is 3.57. The Labute approximate surface area is 116 Å². The molecule has 1 aliphatic carbocycles. The Hall–Kier alpha value is -0.900. The molecule has 19 heavy (non-hydrogen) atoms. The lowest BCUT2D eigenvalue weighted by atomic mass is 9.73. The lowest BCUT2D eigenvalue weighted by Gasteiger charge is -2.52. The van der Waals surface area contributed by atoms with Crippen molar-refractivity contribution in [2.24, 2.45) is 0 Å². The van der Waals surface area contributed by atoms with Crippen LogP contribution in [0.15, 0.2) is 30.3 Å². The van der Waals surface area contributed by atoms with E-state index in [0.29, 0.717) is 0 Å². The first-order valence-corrected chi connectivity index (χ1v) is 7.07. The zero-order chi connectivity index (χ0) is 13.9. The molecule has 1 N–H and O–H groups in total. The summed E-state index contributed by atoms with van der Waals surface area (Å²) in [6.45, 7) is 0. The molecule has 3 heteroatoms. The molecule has 106 valence electrons. The summed E-state index contributed by atoms with van der Waals surface area (Å²) in [6.07, 6.45) is 4.89. The van der Waals surface area contributed by atoms with E-state index in [1.165, 1.54) is 6.42 Å². The summed E-state index contributed by atoms with van der Waals surface area (Å²) in [4.78, 5) is 2.01. The van der Waals surface area contributed by atoms with E-state index in [1.807, 2.05) is 49.3 Å². The van der Waals surface area contributed by atoms with Crippen molar-refractivity contribution >= 4 is 0 Å². The van der Waals surface area contributed by atoms with Crippen LogP contribution in [0.5, 0.6) is 0 Å². The van der Waals surface area contributed by atoms with Crippen LogP contribution in [0.25, 0.3) is 0 Å². The molecule has 0 saturated heterocycles. The summed E-state index contributed by atoms with van der Waals surface area (Å²) < 4.78 is 5.90. The van der Waals surface area contributed by atoms with Crippen molar-refractivity contribution < 1.29 is 9.84 Å². The SMILES string of the molecule is COC(c1ccccc1)(N(C)C)C1(O)CCCCC1. The fraction of sp³-hybridized carbons (Fsp3) is 0.625. The van der Waals surface area contributed by atoms with E-state index < -0.39 is 11.3 Å². The second-order valence-corrected chi connectivity index (χ2v) is 5.70. The van der Waals surface area contributed by atoms with E-state index >= 15 is 0 Å². The Morgan fingerprint density at radius 1 is 1.11 bits per heavy atom. The molecule has 0 bridgehead atoms. The van der Waals surface area contributed by atoms with Crippen LogP contribution in [0.4, 0.5) is 0 Å². The second kappa shape index (κ2) is 5.61. The molecule has 0 amide bonds. The number of methoxy groups -OCH3 is 1. The predicted molar refractivity (Wildman–Crippen MR) is 76.9 cm³/mol. The Morgan fingerprint density at radius 3 is 2.16 bits per heavy atom. The van der Waals surface area contributed by atoms with Crippen molar-refractivity contribution in [2.75, 3.05) is 21.2 Å². The summed E-state index contributed by atoms with van der Waals surface area (Å²) in [7, 11) is 5.64. The predicted octanol–water partition coefficient (Wildman–Crippen LogP) is 2.74. The van der Waals surface area contributed by atoms with Gasteiger partial charge in [-0.25, -0.2) is 0 Å². The zero-order valence-electron chi connectivity index (χ0n) is 12.2. The number of nitrogens with zero attached hydrogens (tertiary/aromatic N) is 1. The highest BCUT2D eigenvalue weighted by atomic mass is 16.5. The number of likely N-dealkylation sites (N-methyl/N-ethyl adjacent to an activating group) is 1. The molecule has 0 aromatic heterocycles. The molecule has 1 atom stereocenters. The molecular formula is C16H25NO2. The van der Waals surface area contributed by atoms with Gasteiger partial charge in [0, 0.05) is 12.7 Å². The Morgan fingerprint density at radius 2 is 1.68 bits per heavy atom. The van der Waals surface area contributed by atoms with E-state index in [9.17, 15) is 5.11 Å². The molecular weight excluding hydrogens is 238 g/mol. The molecule has 1 fully saturated rings. The third-order valence-electron chi connectivity index (χ3n) is 4.40. The van der Waals surface area contributed by atoms with Gasteiger partial charge in [-0.15, -0.1) is 0 Å². The van der Waals surface area contributed by atoms with Crippen LogP contribution in [-0.4, -0.2) is 36.8 Å². The number of aliphatic hydroxyl groups is 1. The molecule has 1 aromatic carbocycles. The van der Waals surface area contributed by atoms with Crippen molar-refractivity contribution in [1.29, 1.82) is 0 Å². The molecule has 3 nitrogen and oxygen atoms in total. The van der Waals surface area contributed by atoms with Gasteiger partial charge in [0.15, 0.2) is 5.72 Å². The monoisotopic (exact) mass is 263 g/mol. The molecule has 1 aliphatic rings. The van der Waals surface area contributed by atoms with Gasteiger partial charge >= 0.3 is 0 Å². The Kier molecular flexibility index (Phi) is 4.29. The largest absolute Gasteiger partial charge is 0.385 e. The van der Waals surface area contributed by atoms with E-state index in [0.717, 1.165) is 31.2 Å². The van der Waals surface area contributed by atoms with Gasteiger partial charge in [-0.05, 0) is 26.9 Å². The molecule has 0 heterocycles. The average molecular weight is 263 g/mol. The maximum absolute atomic E-state index is 11.2. The van der Waals surface area contributed by atoms with Crippen molar-refractivity contribution in [3.63, 3.8) is 0 Å². The van der Waals surface area contributed by atoms with E-state index in [4.69, 9.17) is 4.74 Å². The maximum Gasteiger partial charge on any atom is 0.175 e. The molecule has 0 radical (unpaired) electrons. The quantitative estimate of drug-likeness (QED) is 0.848. The first-order valence-electron chi connectivity index (χ1n) is 7.07. The maximum atomic E-state index is 11.2. The smallest absolute Gasteiger partial charge is 0.175 e. The van der Waals surface area contributed by atoms with Crippen molar-refractivity contribution in [1.82, 2.24) is 4.90 Å². The first kappa shape index (κ1) is 14.5. The van der Waals surface area contributed by atoms with Gasteiger partial charge in [-0.1, -0.05) is 49.6 Å². The topological polar surface area (TPSA) is 32.7 Å². The summed E-state index contributed by atoms with van der Waals surface area (Å²) in [6, 6.07) is 10.1.